The van der Waals surface area contributed by atoms with Crippen molar-refractivity contribution in [3.63, 3.8) is 0 Å². The van der Waals surface area contributed by atoms with Crippen LogP contribution in [0.25, 0.3) is 0 Å². The summed E-state index contributed by atoms with van der Waals surface area (Å²) in [5.41, 5.74) is 0. The summed E-state index contributed by atoms with van der Waals surface area (Å²) in [4.78, 5) is 0. The summed E-state index contributed by atoms with van der Waals surface area (Å²) in [5, 5.41) is 3.45. The summed E-state index contributed by atoms with van der Waals surface area (Å²) in [6.45, 7) is 9.32. The van der Waals surface area contributed by atoms with Gasteiger partial charge in [0.1, 0.15) is 0 Å². The molecule has 1 aliphatic carbocycles. The first-order valence-electron chi connectivity index (χ1n) is 6.43. The second-order valence-corrected chi connectivity index (χ2v) is 5.29. The lowest BCUT2D eigenvalue weighted by molar-refractivity contribution is 0.241. The van der Waals surface area contributed by atoms with Crippen LogP contribution in [0.3, 0.4) is 0 Å². The molecule has 14 heavy (non-hydrogen) atoms. The predicted molar refractivity (Wildman–Crippen MR) is 63.4 cm³/mol. The molecule has 0 aromatic heterocycles. The second-order valence-electron chi connectivity index (χ2n) is 5.29. The van der Waals surface area contributed by atoms with Crippen LogP contribution in [0.5, 0.6) is 0 Å². The van der Waals surface area contributed by atoms with Crippen molar-refractivity contribution in [3.05, 3.63) is 0 Å². The van der Waals surface area contributed by atoms with Gasteiger partial charge in [0.15, 0.2) is 0 Å². The van der Waals surface area contributed by atoms with Crippen molar-refractivity contribution in [2.45, 2.75) is 52.9 Å². The molecule has 0 aromatic rings. The van der Waals surface area contributed by atoms with Gasteiger partial charge in [0.05, 0.1) is 0 Å². The van der Waals surface area contributed by atoms with Gasteiger partial charge in [-0.05, 0) is 43.7 Å². The average Bonchev–Trinajstić information content (AvgIpc) is 2.15. The van der Waals surface area contributed by atoms with Gasteiger partial charge < -0.3 is 5.32 Å². The predicted octanol–water partition coefficient (Wildman–Crippen LogP) is 3.45. The fraction of sp³-hybridized carbons (Fsp3) is 1.00. The van der Waals surface area contributed by atoms with E-state index in [1.165, 1.54) is 38.6 Å². The molecule has 0 radical (unpaired) electrons. The third-order valence-corrected chi connectivity index (χ3v) is 3.52. The molecule has 1 nitrogen and oxygen atoms in total. The van der Waals surface area contributed by atoms with Crippen molar-refractivity contribution in [2.75, 3.05) is 13.1 Å². The molecule has 1 heteroatoms. The van der Waals surface area contributed by atoms with E-state index in [1.807, 2.05) is 0 Å². The smallest absolute Gasteiger partial charge is 0.00232 e. The monoisotopic (exact) mass is 197 g/mol. The topological polar surface area (TPSA) is 12.0 Å². The Bertz CT molecular complexity index is 144. The number of rotatable bonds is 5. The summed E-state index contributed by atoms with van der Waals surface area (Å²) in [6, 6.07) is 0. The minimum absolute atomic E-state index is 0.866. The highest BCUT2D eigenvalue weighted by atomic mass is 14.8. The first kappa shape index (κ1) is 12.0. The third kappa shape index (κ3) is 4.45. The SMILES string of the molecule is CCNCC(C)CC1CCCC(C)C1. The molecule has 0 heterocycles. The van der Waals surface area contributed by atoms with Crippen LogP contribution in [0.2, 0.25) is 0 Å². The van der Waals surface area contributed by atoms with E-state index in [4.69, 9.17) is 0 Å². The molecule has 1 rings (SSSR count). The Morgan fingerprint density at radius 2 is 2.14 bits per heavy atom. The van der Waals surface area contributed by atoms with Crippen LogP contribution in [0, 0.1) is 17.8 Å². The molecule has 0 spiro atoms. The Balaban J connectivity index is 2.15. The van der Waals surface area contributed by atoms with Gasteiger partial charge in [-0.3, -0.25) is 0 Å². The first-order valence-corrected chi connectivity index (χ1v) is 6.43. The van der Waals surface area contributed by atoms with Gasteiger partial charge in [-0.25, -0.2) is 0 Å². The van der Waals surface area contributed by atoms with Gasteiger partial charge in [-0.2, -0.15) is 0 Å². The number of hydrogen-bond donors (Lipinski definition) is 1. The Labute approximate surface area is 89.7 Å². The van der Waals surface area contributed by atoms with E-state index >= 15 is 0 Å². The lowest BCUT2D eigenvalue weighted by atomic mass is 9.78. The summed E-state index contributed by atoms with van der Waals surface area (Å²) in [5.74, 6) is 2.87. The molecule has 0 aliphatic heterocycles. The van der Waals surface area contributed by atoms with E-state index in [0.29, 0.717) is 0 Å². The molecular formula is C13H27N. The molecule has 0 amide bonds. The standard InChI is InChI=1S/C13H27N/c1-4-14-10-12(3)9-13-7-5-6-11(2)8-13/h11-14H,4-10H2,1-3H3. The molecule has 1 saturated carbocycles. The lowest BCUT2D eigenvalue weighted by Gasteiger charge is -2.28. The van der Waals surface area contributed by atoms with Crippen LogP contribution in [-0.2, 0) is 0 Å². The van der Waals surface area contributed by atoms with Crippen LogP contribution in [-0.4, -0.2) is 13.1 Å². The minimum atomic E-state index is 0.866. The van der Waals surface area contributed by atoms with Crippen LogP contribution < -0.4 is 5.32 Å². The van der Waals surface area contributed by atoms with Crippen molar-refractivity contribution in [1.29, 1.82) is 0 Å². The van der Waals surface area contributed by atoms with Gasteiger partial charge in [0, 0.05) is 0 Å². The van der Waals surface area contributed by atoms with E-state index in [9.17, 15) is 0 Å². The zero-order chi connectivity index (χ0) is 10.4. The van der Waals surface area contributed by atoms with Gasteiger partial charge in [0.2, 0.25) is 0 Å². The highest BCUT2D eigenvalue weighted by Gasteiger charge is 2.20. The molecule has 3 atom stereocenters. The highest BCUT2D eigenvalue weighted by molar-refractivity contribution is 4.73. The Morgan fingerprint density at radius 1 is 1.36 bits per heavy atom. The zero-order valence-corrected chi connectivity index (χ0v) is 10.2. The molecule has 0 bridgehead atoms. The molecule has 0 saturated heterocycles. The zero-order valence-electron chi connectivity index (χ0n) is 10.2. The third-order valence-electron chi connectivity index (χ3n) is 3.52. The van der Waals surface area contributed by atoms with Crippen LogP contribution in [0.15, 0.2) is 0 Å². The summed E-state index contributed by atoms with van der Waals surface area (Å²) >= 11 is 0. The molecule has 0 aromatic carbocycles. The van der Waals surface area contributed by atoms with Crippen LogP contribution >= 0.6 is 0 Å². The maximum absolute atomic E-state index is 3.45. The van der Waals surface area contributed by atoms with E-state index in [2.05, 4.69) is 26.1 Å². The Hall–Kier alpha value is -0.0400. The van der Waals surface area contributed by atoms with Gasteiger partial charge in [-0.1, -0.05) is 40.0 Å². The highest BCUT2D eigenvalue weighted by Crippen LogP contribution is 2.32. The van der Waals surface area contributed by atoms with E-state index < -0.39 is 0 Å². The minimum Gasteiger partial charge on any atom is -0.317 e. The van der Waals surface area contributed by atoms with E-state index in [1.54, 1.807) is 0 Å². The summed E-state index contributed by atoms with van der Waals surface area (Å²) in [6.07, 6.45) is 7.35. The van der Waals surface area contributed by atoms with Gasteiger partial charge in [0.25, 0.3) is 0 Å². The second kappa shape index (κ2) is 6.44. The number of nitrogens with one attached hydrogen (secondary N) is 1. The summed E-state index contributed by atoms with van der Waals surface area (Å²) < 4.78 is 0. The van der Waals surface area contributed by atoms with Crippen LogP contribution in [0.1, 0.15) is 52.9 Å². The first-order chi connectivity index (χ1) is 6.72. The maximum Gasteiger partial charge on any atom is -0.00232 e. The lowest BCUT2D eigenvalue weighted by Crippen LogP contribution is -2.24. The van der Waals surface area contributed by atoms with Gasteiger partial charge in [-0.15, -0.1) is 0 Å². The quantitative estimate of drug-likeness (QED) is 0.712. The summed E-state index contributed by atoms with van der Waals surface area (Å²) in [7, 11) is 0. The van der Waals surface area contributed by atoms with Crippen LogP contribution in [0.4, 0.5) is 0 Å². The van der Waals surface area contributed by atoms with E-state index in [-0.39, 0.29) is 0 Å². The Kier molecular flexibility index (Phi) is 5.54. The van der Waals surface area contributed by atoms with Gasteiger partial charge >= 0.3 is 0 Å². The maximum atomic E-state index is 3.45. The van der Waals surface area contributed by atoms with Crippen molar-refractivity contribution in [1.82, 2.24) is 5.32 Å². The van der Waals surface area contributed by atoms with Crippen molar-refractivity contribution >= 4 is 0 Å². The van der Waals surface area contributed by atoms with E-state index in [0.717, 1.165) is 24.3 Å². The number of hydrogen-bond acceptors (Lipinski definition) is 1. The molecule has 84 valence electrons. The van der Waals surface area contributed by atoms with Crippen molar-refractivity contribution in [3.8, 4) is 0 Å². The normalized spacial score (nSPS) is 30.2. The van der Waals surface area contributed by atoms with Crippen molar-refractivity contribution < 1.29 is 0 Å². The Morgan fingerprint density at radius 3 is 2.79 bits per heavy atom. The molecule has 3 unspecified atom stereocenters. The fourth-order valence-electron chi connectivity index (χ4n) is 2.82. The molecule has 1 aliphatic rings. The van der Waals surface area contributed by atoms with Crippen molar-refractivity contribution in [2.24, 2.45) is 17.8 Å². The fourth-order valence-corrected chi connectivity index (χ4v) is 2.82. The average molecular weight is 197 g/mol. The molecule has 1 fully saturated rings. The largest absolute Gasteiger partial charge is 0.317 e. The molecular weight excluding hydrogens is 170 g/mol. The molecule has 1 N–H and O–H groups in total.